The Balaban J connectivity index is 2.30. The number of nitrogens with two attached hydrogens (primary N) is 1. The second-order valence-electron chi connectivity index (χ2n) is 4.95. The molecule has 1 unspecified atom stereocenters. The predicted octanol–water partition coefficient (Wildman–Crippen LogP) is 3.38. The van der Waals surface area contributed by atoms with Gasteiger partial charge in [-0.05, 0) is 50.5 Å². The molecule has 1 atom stereocenters. The lowest BCUT2D eigenvalue weighted by atomic mass is 10.1. The summed E-state index contributed by atoms with van der Waals surface area (Å²) in [4.78, 5) is 4.32. The number of rotatable bonds is 4. The molecule has 0 bridgehead atoms. The Morgan fingerprint density at radius 3 is 2.74 bits per heavy atom. The summed E-state index contributed by atoms with van der Waals surface area (Å²) in [7, 11) is 0. The molecule has 0 aliphatic heterocycles. The van der Waals surface area contributed by atoms with Crippen LogP contribution in [0, 0.1) is 13.8 Å². The molecule has 1 aromatic heterocycles. The minimum atomic E-state index is 0.0881. The van der Waals surface area contributed by atoms with E-state index in [1.54, 1.807) is 6.20 Å². The summed E-state index contributed by atoms with van der Waals surface area (Å²) in [6.45, 7) is 6.11. The fourth-order valence-corrected chi connectivity index (χ4v) is 1.96. The quantitative estimate of drug-likeness (QED) is 0.912. The van der Waals surface area contributed by atoms with E-state index in [4.69, 9.17) is 10.5 Å². The van der Waals surface area contributed by atoms with Crippen molar-refractivity contribution < 1.29 is 4.74 Å². The first kappa shape index (κ1) is 13.6. The standard InChI is InChI=1S/C16H20N2O/c1-11-6-4-8-15(13(11)3)19-16-14(10-12(2)17)7-5-9-18-16/h4-9,12H,10,17H2,1-3H3. The summed E-state index contributed by atoms with van der Waals surface area (Å²) < 4.78 is 5.96. The first-order chi connectivity index (χ1) is 9.08. The molecule has 1 aromatic carbocycles. The van der Waals surface area contributed by atoms with Crippen molar-refractivity contribution >= 4 is 0 Å². The molecule has 3 nitrogen and oxygen atoms in total. The van der Waals surface area contributed by atoms with Crippen LogP contribution in [0.4, 0.5) is 0 Å². The zero-order valence-corrected chi connectivity index (χ0v) is 11.7. The SMILES string of the molecule is Cc1cccc(Oc2ncccc2CC(C)N)c1C. The van der Waals surface area contributed by atoms with Crippen molar-refractivity contribution in [1.29, 1.82) is 0 Å². The van der Waals surface area contributed by atoms with Crippen molar-refractivity contribution in [2.75, 3.05) is 0 Å². The van der Waals surface area contributed by atoms with Gasteiger partial charge in [-0.1, -0.05) is 18.2 Å². The van der Waals surface area contributed by atoms with E-state index in [1.165, 1.54) is 5.56 Å². The highest BCUT2D eigenvalue weighted by Gasteiger charge is 2.10. The normalized spacial score (nSPS) is 12.2. The van der Waals surface area contributed by atoms with Crippen molar-refractivity contribution in [2.24, 2.45) is 5.73 Å². The van der Waals surface area contributed by atoms with Gasteiger partial charge in [0.05, 0.1) is 0 Å². The molecular formula is C16H20N2O. The zero-order valence-electron chi connectivity index (χ0n) is 11.7. The van der Waals surface area contributed by atoms with Gasteiger partial charge in [-0.2, -0.15) is 0 Å². The fourth-order valence-electron chi connectivity index (χ4n) is 1.96. The highest BCUT2D eigenvalue weighted by atomic mass is 16.5. The highest BCUT2D eigenvalue weighted by Crippen LogP contribution is 2.28. The monoisotopic (exact) mass is 256 g/mol. The molecule has 0 aliphatic carbocycles. The van der Waals surface area contributed by atoms with Crippen LogP contribution in [0.2, 0.25) is 0 Å². The van der Waals surface area contributed by atoms with Crippen LogP contribution >= 0.6 is 0 Å². The van der Waals surface area contributed by atoms with Gasteiger partial charge >= 0.3 is 0 Å². The van der Waals surface area contributed by atoms with E-state index in [0.29, 0.717) is 5.88 Å². The number of ether oxygens (including phenoxy) is 1. The van der Waals surface area contributed by atoms with Crippen molar-refractivity contribution in [3.05, 3.63) is 53.2 Å². The van der Waals surface area contributed by atoms with E-state index < -0.39 is 0 Å². The molecule has 2 aromatic rings. The highest BCUT2D eigenvalue weighted by molar-refractivity contribution is 5.41. The van der Waals surface area contributed by atoms with E-state index in [0.717, 1.165) is 23.3 Å². The van der Waals surface area contributed by atoms with Crippen LogP contribution in [-0.4, -0.2) is 11.0 Å². The summed E-state index contributed by atoms with van der Waals surface area (Å²) in [5.74, 6) is 1.50. The van der Waals surface area contributed by atoms with E-state index in [9.17, 15) is 0 Å². The van der Waals surface area contributed by atoms with Crippen LogP contribution in [0.15, 0.2) is 36.5 Å². The van der Waals surface area contributed by atoms with Gasteiger partial charge in [0, 0.05) is 17.8 Å². The first-order valence-corrected chi connectivity index (χ1v) is 6.51. The van der Waals surface area contributed by atoms with Gasteiger partial charge in [0.15, 0.2) is 0 Å². The smallest absolute Gasteiger partial charge is 0.222 e. The molecule has 1 heterocycles. The lowest BCUT2D eigenvalue weighted by Gasteiger charge is -2.13. The Morgan fingerprint density at radius 2 is 2.00 bits per heavy atom. The maximum atomic E-state index is 5.96. The fraction of sp³-hybridized carbons (Fsp3) is 0.312. The van der Waals surface area contributed by atoms with Crippen molar-refractivity contribution in [2.45, 2.75) is 33.2 Å². The van der Waals surface area contributed by atoms with E-state index in [-0.39, 0.29) is 6.04 Å². The third kappa shape index (κ3) is 3.32. The Bertz CT molecular complexity index is 564. The average Bonchev–Trinajstić information content (AvgIpc) is 2.36. The number of hydrogen-bond acceptors (Lipinski definition) is 3. The number of nitrogens with zero attached hydrogens (tertiary/aromatic N) is 1. The Labute approximate surface area is 114 Å². The lowest BCUT2D eigenvalue weighted by molar-refractivity contribution is 0.450. The summed E-state index contributed by atoms with van der Waals surface area (Å²) in [6.07, 6.45) is 2.50. The minimum Gasteiger partial charge on any atom is -0.438 e. The molecule has 2 N–H and O–H groups in total. The van der Waals surface area contributed by atoms with Gasteiger partial charge in [0.2, 0.25) is 5.88 Å². The number of aryl methyl sites for hydroxylation is 1. The van der Waals surface area contributed by atoms with Crippen molar-refractivity contribution in [3.63, 3.8) is 0 Å². The van der Waals surface area contributed by atoms with Crippen LogP contribution in [0.5, 0.6) is 11.6 Å². The molecule has 3 heteroatoms. The van der Waals surface area contributed by atoms with Gasteiger partial charge in [-0.3, -0.25) is 0 Å². The van der Waals surface area contributed by atoms with Gasteiger partial charge in [0.1, 0.15) is 5.75 Å². The maximum Gasteiger partial charge on any atom is 0.222 e. The molecule has 19 heavy (non-hydrogen) atoms. The summed E-state index contributed by atoms with van der Waals surface area (Å²) in [6, 6.07) is 10.0. The third-order valence-electron chi connectivity index (χ3n) is 3.15. The summed E-state index contributed by atoms with van der Waals surface area (Å²) in [5, 5.41) is 0. The lowest BCUT2D eigenvalue weighted by Crippen LogP contribution is -2.18. The van der Waals surface area contributed by atoms with Crippen LogP contribution in [0.25, 0.3) is 0 Å². The topological polar surface area (TPSA) is 48.1 Å². The van der Waals surface area contributed by atoms with E-state index in [2.05, 4.69) is 24.9 Å². The van der Waals surface area contributed by atoms with Crippen LogP contribution in [0.1, 0.15) is 23.6 Å². The maximum absolute atomic E-state index is 5.96. The Kier molecular flexibility index (Phi) is 4.17. The molecule has 2 rings (SSSR count). The largest absolute Gasteiger partial charge is 0.438 e. The number of aromatic nitrogens is 1. The molecule has 0 aliphatic rings. The Morgan fingerprint density at radius 1 is 1.21 bits per heavy atom. The van der Waals surface area contributed by atoms with Crippen LogP contribution in [0.3, 0.4) is 0 Å². The first-order valence-electron chi connectivity index (χ1n) is 6.51. The van der Waals surface area contributed by atoms with Gasteiger partial charge in [0.25, 0.3) is 0 Å². The molecule has 0 amide bonds. The third-order valence-corrected chi connectivity index (χ3v) is 3.15. The van der Waals surface area contributed by atoms with Crippen LogP contribution in [-0.2, 0) is 6.42 Å². The molecule has 0 fully saturated rings. The molecule has 100 valence electrons. The van der Waals surface area contributed by atoms with Crippen molar-refractivity contribution in [3.8, 4) is 11.6 Å². The molecule has 0 radical (unpaired) electrons. The van der Waals surface area contributed by atoms with Crippen LogP contribution < -0.4 is 10.5 Å². The molecular weight excluding hydrogens is 236 g/mol. The van der Waals surface area contributed by atoms with Gasteiger partial charge in [-0.25, -0.2) is 4.98 Å². The van der Waals surface area contributed by atoms with Gasteiger partial charge < -0.3 is 10.5 Å². The molecule has 0 saturated carbocycles. The Hall–Kier alpha value is -1.87. The summed E-state index contributed by atoms with van der Waals surface area (Å²) >= 11 is 0. The van der Waals surface area contributed by atoms with E-state index in [1.807, 2.05) is 31.2 Å². The summed E-state index contributed by atoms with van der Waals surface area (Å²) in [5.41, 5.74) is 9.25. The molecule has 0 saturated heterocycles. The number of benzene rings is 1. The average molecular weight is 256 g/mol. The van der Waals surface area contributed by atoms with E-state index >= 15 is 0 Å². The van der Waals surface area contributed by atoms with Gasteiger partial charge in [-0.15, -0.1) is 0 Å². The van der Waals surface area contributed by atoms with Crippen molar-refractivity contribution in [1.82, 2.24) is 4.98 Å². The second-order valence-corrected chi connectivity index (χ2v) is 4.95. The predicted molar refractivity (Wildman–Crippen MR) is 77.6 cm³/mol. The zero-order chi connectivity index (χ0) is 13.8. The number of hydrogen-bond donors (Lipinski definition) is 1. The second kappa shape index (κ2) is 5.85. The number of pyridine rings is 1. The minimum absolute atomic E-state index is 0.0881. The molecule has 0 spiro atoms.